The molecule has 0 fully saturated rings. The van der Waals surface area contributed by atoms with Crippen LogP contribution in [0.5, 0.6) is 0 Å². The summed E-state index contributed by atoms with van der Waals surface area (Å²) in [6.45, 7) is 6.08. The van der Waals surface area contributed by atoms with Gasteiger partial charge >= 0.3 is 5.97 Å². The molecule has 0 bridgehead atoms. The number of carboxylic acid groups (broad SMARTS) is 1. The fourth-order valence-electron chi connectivity index (χ4n) is 4.52. The number of amides is 1. The Labute approximate surface area is 225 Å². The van der Waals surface area contributed by atoms with Crippen molar-refractivity contribution in [3.8, 4) is 0 Å². The number of nitrogens with zero attached hydrogens (tertiary/aromatic N) is 3. The topological polar surface area (TPSA) is 171 Å². The van der Waals surface area contributed by atoms with Gasteiger partial charge in [0.1, 0.15) is 6.04 Å². The van der Waals surface area contributed by atoms with E-state index in [0.29, 0.717) is 35.7 Å². The van der Waals surface area contributed by atoms with Gasteiger partial charge in [-0.05, 0) is 56.5 Å². The molecule has 0 unspecified atom stereocenters. The Hall–Kier alpha value is -4.23. The number of H-pyrrole nitrogens is 1. The zero-order valence-electron chi connectivity index (χ0n) is 21.9. The molecule has 2 aromatic heterocycles. The van der Waals surface area contributed by atoms with Crippen LogP contribution in [0.4, 0.5) is 5.95 Å². The van der Waals surface area contributed by atoms with E-state index in [2.05, 4.69) is 30.4 Å². The van der Waals surface area contributed by atoms with Gasteiger partial charge in [0.25, 0.3) is 5.91 Å². The van der Waals surface area contributed by atoms with Gasteiger partial charge in [0.05, 0.1) is 16.6 Å². The molecule has 5 N–H and O–H groups in total. The maximum atomic E-state index is 13.0. The van der Waals surface area contributed by atoms with Gasteiger partial charge in [-0.3, -0.25) is 14.3 Å². The van der Waals surface area contributed by atoms with Crippen LogP contribution in [0.1, 0.15) is 33.5 Å². The summed E-state index contributed by atoms with van der Waals surface area (Å²) in [6.07, 6.45) is 5.87. The number of rotatable bonds is 12. The van der Waals surface area contributed by atoms with Crippen LogP contribution in [0.25, 0.3) is 10.9 Å². The lowest BCUT2D eigenvalue weighted by atomic mass is 10.1. The van der Waals surface area contributed by atoms with E-state index in [1.807, 2.05) is 11.6 Å². The maximum absolute atomic E-state index is 13.0. The standard InChI is InChI=1S/C26H31N7O5S/c1-16-11-17(2)23(18(3)12-16)39(37,38)32-21(25(35)36)15-30-24(34)19-5-6-22-20(13-19)14-31-33(22)10-4-7-27-26-28-8-9-29-26/h5-6,8-9,11-14,21,32H,4,7,10,15H2,1-3H3,(H,30,34)(H,35,36)(H2,27,28,29)/t21-/m1/s1. The van der Waals surface area contributed by atoms with Gasteiger partial charge < -0.3 is 20.7 Å². The molecule has 13 heteroatoms. The first-order valence-corrected chi connectivity index (χ1v) is 13.8. The number of nitrogens with one attached hydrogen (secondary N) is 4. The monoisotopic (exact) mass is 553 g/mol. The normalized spacial score (nSPS) is 12.4. The number of aromatic nitrogens is 4. The highest BCUT2D eigenvalue weighted by Gasteiger charge is 2.28. The minimum Gasteiger partial charge on any atom is -0.480 e. The number of carbonyl (C=O) groups excluding carboxylic acids is 1. The molecular formula is C26H31N7O5S. The highest BCUT2D eigenvalue weighted by atomic mass is 32.2. The van der Waals surface area contributed by atoms with Crippen molar-refractivity contribution in [2.75, 3.05) is 18.4 Å². The lowest BCUT2D eigenvalue weighted by Crippen LogP contribution is -2.48. The van der Waals surface area contributed by atoms with Gasteiger partial charge in [0, 0.05) is 43.0 Å². The van der Waals surface area contributed by atoms with Crippen molar-refractivity contribution >= 4 is 38.8 Å². The molecule has 0 aliphatic heterocycles. The Balaban J connectivity index is 1.38. The molecule has 2 heterocycles. The van der Waals surface area contributed by atoms with Gasteiger partial charge in [0.2, 0.25) is 10.0 Å². The van der Waals surface area contributed by atoms with E-state index >= 15 is 0 Å². The molecule has 4 rings (SSSR count). The molecule has 0 spiro atoms. The van der Waals surface area contributed by atoms with Crippen molar-refractivity contribution in [3.05, 3.63) is 71.2 Å². The third kappa shape index (κ3) is 6.62. The van der Waals surface area contributed by atoms with Crippen molar-refractivity contribution in [1.29, 1.82) is 0 Å². The molecular weight excluding hydrogens is 522 g/mol. The minimum absolute atomic E-state index is 0.0323. The molecule has 39 heavy (non-hydrogen) atoms. The summed E-state index contributed by atoms with van der Waals surface area (Å²) < 4.78 is 30.1. The summed E-state index contributed by atoms with van der Waals surface area (Å²) in [5.41, 5.74) is 3.07. The number of fused-ring (bicyclic) bond motifs is 1. The molecule has 2 aromatic carbocycles. The number of aryl methyl sites for hydroxylation is 4. The van der Waals surface area contributed by atoms with Crippen LogP contribution in [0.15, 0.2) is 53.8 Å². The first-order chi connectivity index (χ1) is 18.5. The summed E-state index contributed by atoms with van der Waals surface area (Å²) in [5, 5.41) is 20.5. The van der Waals surface area contributed by atoms with Crippen molar-refractivity contribution in [3.63, 3.8) is 0 Å². The second-order valence-corrected chi connectivity index (χ2v) is 11.0. The lowest BCUT2D eigenvalue weighted by Gasteiger charge is -2.18. The fraction of sp³-hybridized carbons (Fsp3) is 0.308. The third-order valence-corrected chi connectivity index (χ3v) is 7.95. The number of imidazole rings is 1. The number of hydrogen-bond acceptors (Lipinski definition) is 7. The predicted molar refractivity (Wildman–Crippen MR) is 146 cm³/mol. The molecule has 0 radical (unpaired) electrons. The Morgan fingerprint density at radius 2 is 1.87 bits per heavy atom. The molecule has 1 atom stereocenters. The Bertz CT molecular complexity index is 1570. The maximum Gasteiger partial charge on any atom is 0.323 e. The summed E-state index contributed by atoms with van der Waals surface area (Å²) in [6, 6.07) is 6.94. The van der Waals surface area contributed by atoms with Crippen molar-refractivity contribution in [2.45, 2.75) is 44.7 Å². The van der Waals surface area contributed by atoms with Gasteiger partial charge in [-0.2, -0.15) is 9.82 Å². The minimum atomic E-state index is -4.15. The largest absolute Gasteiger partial charge is 0.480 e. The zero-order chi connectivity index (χ0) is 28.2. The van der Waals surface area contributed by atoms with Crippen LogP contribution in [-0.2, 0) is 21.4 Å². The van der Waals surface area contributed by atoms with Crippen LogP contribution in [0.3, 0.4) is 0 Å². The van der Waals surface area contributed by atoms with E-state index in [1.54, 1.807) is 62.8 Å². The molecule has 206 valence electrons. The average molecular weight is 554 g/mol. The molecule has 12 nitrogen and oxygen atoms in total. The van der Waals surface area contributed by atoms with E-state index in [4.69, 9.17) is 0 Å². The first-order valence-electron chi connectivity index (χ1n) is 12.3. The second kappa shape index (κ2) is 11.7. The van der Waals surface area contributed by atoms with E-state index < -0.39 is 34.5 Å². The SMILES string of the molecule is Cc1cc(C)c(S(=O)(=O)N[C@H](CNC(=O)c2ccc3c(cnn3CCCNc3ncc[nH]3)c2)C(=O)O)c(C)c1. The summed E-state index contributed by atoms with van der Waals surface area (Å²) in [7, 11) is -4.15. The molecule has 0 saturated carbocycles. The van der Waals surface area contributed by atoms with Crippen LogP contribution in [0.2, 0.25) is 0 Å². The van der Waals surface area contributed by atoms with Crippen LogP contribution in [-0.4, -0.2) is 64.3 Å². The number of carbonyl (C=O) groups is 2. The van der Waals surface area contributed by atoms with Gasteiger partial charge in [-0.25, -0.2) is 13.4 Å². The van der Waals surface area contributed by atoms with Crippen LogP contribution < -0.4 is 15.4 Å². The number of carboxylic acids is 1. The highest BCUT2D eigenvalue weighted by Crippen LogP contribution is 2.22. The molecule has 0 aliphatic carbocycles. The van der Waals surface area contributed by atoms with Gasteiger partial charge in [-0.1, -0.05) is 17.7 Å². The van der Waals surface area contributed by atoms with Crippen molar-refractivity contribution in [2.24, 2.45) is 0 Å². The number of sulfonamides is 1. The van der Waals surface area contributed by atoms with Crippen LogP contribution in [0, 0.1) is 20.8 Å². The van der Waals surface area contributed by atoms with E-state index in [9.17, 15) is 23.1 Å². The Kier molecular flexibility index (Phi) is 8.31. The van der Waals surface area contributed by atoms with Crippen molar-refractivity contribution < 1.29 is 23.1 Å². The van der Waals surface area contributed by atoms with Crippen LogP contribution >= 0.6 is 0 Å². The quantitative estimate of drug-likeness (QED) is 0.166. The van der Waals surface area contributed by atoms with Gasteiger partial charge in [-0.15, -0.1) is 0 Å². The number of aromatic amines is 1. The Morgan fingerprint density at radius 1 is 1.13 bits per heavy atom. The summed E-state index contributed by atoms with van der Waals surface area (Å²) in [4.78, 5) is 31.8. The second-order valence-electron chi connectivity index (χ2n) is 9.31. The molecule has 0 aliphatic rings. The predicted octanol–water partition coefficient (Wildman–Crippen LogP) is 2.35. The smallest absolute Gasteiger partial charge is 0.323 e. The molecule has 0 saturated heterocycles. The van der Waals surface area contributed by atoms with Crippen molar-refractivity contribution in [1.82, 2.24) is 29.8 Å². The van der Waals surface area contributed by atoms with E-state index in [1.165, 1.54) is 0 Å². The fourth-order valence-corrected chi connectivity index (χ4v) is 6.16. The first kappa shape index (κ1) is 27.8. The summed E-state index contributed by atoms with van der Waals surface area (Å²) >= 11 is 0. The zero-order valence-corrected chi connectivity index (χ0v) is 22.7. The van der Waals surface area contributed by atoms with E-state index in [0.717, 1.165) is 22.9 Å². The third-order valence-electron chi connectivity index (χ3n) is 6.18. The lowest BCUT2D eigenvalue weighted by molar-refractivity contribution is -0.138. The average Bonchev–Trinajstić information content (AvgIpc) is 3.52. The number of anilines is 1. The highest BCUT2D eigenvalue weighted by molar-refractivity contribution is 7.89. The number of benzene rings is 2. The molecule has 4 aromatic rings. The number of hydrogen-bond donors (Lipinski definition) is 5. The number of aliphatic carboxylic acids is 1. The molecule has 1 amide bonds. The summed E-state index contributed by atoms with van der Waals surface area (Å²) in [5.74, 6) is -1.23. The Morgan fingerprint density at radius 3 is 2.54 bits per heavy atom. The van der Waals surface area contributed by atoms with E-state index in [-0.39, 0.29) is 4.90 Å². The van der Waals surface area contributed by atoms with Gasteiger partial charge in [0.15, 0.2) is 5.95 Å².